The van der Waals surface area contributed by atoms with Gasteiger partial charge in [-0.2, -0.15) is 5.10 Å². The molecule has 1 N–H and O–H groups in total. The van der Waals surface area contributed by atoms with Crippen LogP contribution in [0, 0.1) is 11.8 Å². The normalized spacial score (nSPS) is 27.0. The SMILES string of the molecule is CC(C)(C)OC(=O)N[C@@H]1[C@@H]2CC[C@H]1CN(c1cnnc(Cl)c1)C2. The van der Waals surface area contributed by atoms with Crippen LogP contribution in [-0.2, 0) is 4.74 Å². The first-order valence-electron chi connectivity index (χ1n) is 8.04. The van der Waals surface area contributed by atoms with Crippen molar-refractivity contribution in [3.8, 4) is 0 Å². The molecule has 1 saturated carbocycles. The Hall–Kier alpha value is -1.56. The second-order valence-corrected chi connectivity index (χ2v) is 7.80. The standard InChI is InChI=1S/C16H23ClN4O2/c1-16(2,3)23-15(22)19-14-10-4-5-11(14)9-21(8-10)12-6-13(17)20-18-7-12/h6-7,10-11,14H,4-5,8-9H2,1-3H3,(H,19,22)/t10-,11+,14-. The maximum Gasteiger partial charge on any atom is 0.407 e. The van der Waals surface area contributed by atoms with E-state index < -0.39 is 5.60 Å². The number of halogens is 1. The molecule has 23 heavy (non-hydrogen) atoms. The Labute approximate surface area is 141 Å². The average molecular weight is 339 g/mol. The lowest BCUT2D eigenvalue weighted by Gasteiger charge is -2.39. The summed E-state index contributed by atoms with van der Waals surface area (Å²) in [6.07, 6.45) is 3.66. The number of alkyl carbamates (subject to hydrolysis) is 1. The molecule has 3 atom stereocenters. The number of piperidine rings is 1. The number of rotatable bonds is 2. The molecule has 1 amide bonds. The number of carbonyl (C=O) groups is 1. The van der Waals surface area contributed by atoms with Gasteiger partial charge < -0.3 is 15.0 Å². The molecule has 1 saturated heterocycles. The molecule has 126 valence electrons. The fraction of sp³-hybridized carbons (Fsp3) is 0.688. The zero-order valence-electron chi connectivity index (χ0n) is 13.8. The van der Waals surface area contributed by atoms with E-state index in [4.69, 9.17) is 16.3 Å². The average Bonchev–Trinajstić information content (AvgIpc) is 2.68. The van der Waals surface area contributed by atoms with Gasteiger partial charge in [0.05, 0.1) is 11.9 Å². The summed E-state index contributed by atoms with van der Waals surface area (Å²) in [5.74, 6) is 0.849. The van der Waals surface area contributed by atoms with E-state index in [-0.39, 0.29) is 12.1 Å². The van der Waals surface area contributed by atoms with E-state index in [0.717, 1.165) is 31.6 Å². The van der Waals surface area contributed by atoms with E-state index in [9.17, 15) is 4.79 Å². The predicted octanol–water partition coefficient (Wildman–Crippen LogP) is 2.87. The number of ether oxygens (including phenoxy) is 1. The van der Waals surface area contributed by atoms with Crippen molar-refractivity contribution in [2.75, 3.05) is 18.0 Å². The fourth-order valence-electron chi connectivity index (χ4n) is 3.62. The van der Waals surface area contributed by atoms with Gasteiger partial charge in [0.1, 0.15) is 5.60 Å². The van der Waals surface area contributed by atoms with Gasteiger partial charge in [0.15, 0.2) is 5.15 Å². The van der Waals surface area contributed by atoms with Crippen LogP contribution in [-0.4, -0.2) is 41.0 Å². The van der Waals surface area contributed by atoms with Crippen LogP contribution in [0.25, 0.3) is 0 Å². The summed E-state index contributed by atoms with van der Waals surface area (Å²) in [6, 6.07) is 2.03. The van der Waals surface area contributed by atoms with Gasteiger partial charge in [0, 0.05) is 25.2 Å². The van der Waals surface area contributed by atoms with E-state index in [1.807, 2.05) is 26.8 Å². The van der Waals surface area contributed by atoms with Crippen molar-refractivity contribution in [2.45, 2.75) is 45.3 Å². The second-order valence-electron chi connectivity index (χ2n) is 7.41. The van der Waals surface area contributed by atoms with Crippen LogP contribution in [0.1, 0.15) is 33.6 Å². The largest absolute Gasteiger partial charge is 0.444 e. The first-order valence-corrected chi connectivity index (χ1v) is 8.42. The van der Waals surface area contributed by atoms with Crippen molar-refractivity contribution < 1.29 is 9.53 Å². The van der Waals surface area contributed by atoms with Gasteiger partial charge in [0.25, 0.3) is 0 Å². The van der Waals surface area contributed by atoms with Gasteiger partial charge in [-0.3, -0.25) is 0 Å². The summed E-state index contributed by atoms with van der Waals surface area (Å²) < 4.78 is 5.39. The van der Waals surface area contributed by atoms with Gasteiger partial charge >= 0.3 is 6.09 Å². The van der Waals surface area contributed by atoms with Gasteiger partial charge in [-0.25, -0.2) is 4.79 Å². The highest BCUT2D eigenvalue weighted by Gasteiger charge is 2.43. The number of anilines is 1. The van der Waals surface area contributed by atoms with E-state index in [1.54, 1.807) is 6.20 Å². The van der Waals surface area contributed by atoms with E-state index in [2.05, 4.69) is 20.4 Å². The van der Waals surface area contributed by atoms with Crippen LogP contribution >= 0.6 is 11.6 Å². The molecule has 7 heteroatoms. The van der Waals surface area contributed by atoms with E-state index in [0.29, 0.717) is 17.0 Å². The molecule has 6 nitrogen and oxygen atoms in total. The fourth-order valence-corrected chi connectivity index (χ4v) is 3.77. The van der Waals surface area contributed by atoms with Crippen molar-refractivity contribution in [3.05, 3.63) is 17.4 Å². The highest BCUT2D eigenvalue weighted by Crippen LogP contribution is 2.38. The Bertz CT molecular complexity index is 576. The minimum atomic E-state index is -0.469. The summed E-state index contributed by atoms with van der Waals surface area (Å²) in [6.45, 7) is 7.41. The molecule has 0 radical (unpaired) electrons. The van der Waals surface area contributed by atoms with Crippen LogP contribution in [0.2, 0.25) is 5.15 Å². The Balaban J connectivity index is 1.64. The number of hydrogen-bond donors (Lipinski definition) is 1. The minimum absolute atomic E-state index is 0.186. The molecule has 2 bridgehead atoms. The molecule has 0 aromatic carbocycles. The smallest absolute Gasteiger partial charge is 0.407 e. The summed E-state index contributed by atoms with van der Waals surface area (Å²) in [5, 5.41) is 11.2. The Kier molecular flexibility index (Phi) is 4.36. The van der Waals surface area contributed by atoms with Crippen LogP contribution in [0.5, 0.6) is 0 Å². The minimum Gasteiger partial charge on any atom is -0.444 e. The highest BCUT2D eigenvalue weighted by molar-refractivity contribution is 6.29. The highest BCUT2D eigenvalue weighted by atomic mass is 35.5. The first kappa shape index (κ1) is 16.3. The second kappa shape index (κ2) is 6.15. The van der Waals surface area contributed by atoms with Gasteiger partial charge in [-0.1, -0.05) is 11.6 Å². The number of aromatic nitrogens is 2. The van der Waals surface area contributed by atoms with Crippen molar-refractivity contribution in [1.82, 2.24) is 15.5 Å². The third-order valence-electron chi connectivity index (χ3n) is 4.49. The summed E-state index contributed by atoms with van der Waals surface area (Å²) in [7, 11) is 0. The Morgan fingerprint density at radius 1 is 1.35 bits per heavy atom. The summed E-state index contributed by atoms with van der Waals surface area (Å²) in [5.41, 5.74) is 0.529. The van der Waals surface area contributed by atoms with Crippen LogP contribution in [0.4, 0.5) is 10.5 Å². The maximum absolute atomic E-state index is 12.1. The lowest BCUT2D eigenvalue weighted by Crippen LogP contribution is -2.53. The number of carbonyl (C=O) groups excluding carboxylic acids is 1. The van der Waals surface area contributed by atoms with Crippen molar-refractivity contribution in [2.24, 2.45) is 11.8 Å². The third kappa shape index (κ3) is 3.86. The molecular weight excluding hydrogens is 316 g/mol. The molecule has 1 aliphatic heterocycles. The molecule has 0 spiro atoms. The van der Waals surface area contributed by atoms with Crippen molar-refractivity contribution in [3.63, 3.8) is 0 Å². The number of fused-ring (bicyclic) bond motifs is 2. The zero-order valence-corrected chi connectivity index (χ0v) is 14.5. The van der Waals surface area contributed by atoms with Crippen molar-refractivity contribution >= 4 is 23.4 Å². The Morgan fingerprint density at radius 2 is 2.00 bits per heavy atom. The summed E-state index contributed by atoms with van der Waals surface area (Å²) >= 11 is 5.94. The number of nitrogens with one attached hydrogen (secondary N) is 1. The van der Waals surface area contributed by atoms with E-state index >= 15 is 0 Å². The van der Waals surface area contributed by atoms with Gasteiger partial charge in [-0.05, 0) is 45.4 Å². The third-order valence-corrected chi connectivity index (χ3v) is 4.68. The number of nitrogens with zero attached hydrogens (tertiary/aromatic N) is 3. The molecule has 0 unspecified atom stereocenters. The van der Waals surface area contributed by atoms with E-state index in [1.165, 1.54) is 0 Å². The van der Waals surface area contributed by atoms with Gasteiger partial charge in [0.2, 0.25) is 0 Å². The van der Waals surface area contributed by atoms with Crippen LogP contribution in [0.3, 0.4) is 0 Å². The molecule has 2 fully saturated rings. The van der Waals surface area contributed by atoms with Crippen LogP contribution in [0.15, 0.2) is 12.3 Å². The quantitative estimate of drug-likeness (QED) is 0.898. The van der Waals surface area contributed by atoms with Gasteiger partial charge in [-0.15, -0.1) is 5.10 Å². The first-order chi connectivity index (χ1) is 10.8. The monoisotopic (exact) mass is 338 g/mol. The molecular formula is C16H23ClN4O2. The van der Waals surface area contributed by atoms with Crippen LogP contribution < -0.4 is 10.2 Å². The molecule has 2 heterocycles. The predicted molar refractivity (Wildman–Crippen MR) is 88.6 cm³/mol. The van der Waals surface area contributed by atoms with Crippen molar-refractivity contribution in [1.29, 1.82) is 0 Å². The Morgan fingerprint density at radius 3 is 2.57 bits per heavy atom. The molecule has 1 aromatic rings. The zero-order chi connectivity index (χ0) is 16.6. The summed E-state index contributed by atoms with van der Waals surface area (Å²) in [4.78, 5) is 14.3. The number of hydrogen-bond acceptors (Lipinski definition) is 5. The topological polar surface area (TPSA) is 67.3 Å². The molecule has 1 aliphatic carbocycles. The lowest BCUT2D eigenvalue weighted by molar-refractivity contribution is 0.0472. The molecule has 1 aromatic heterocycles. The maximum atomic E-state index is 12.1. The number of amides is 1. The molecule has 3 rings (SSSR count). The lowest BCUT2D eigenvalue weighted by atomic mass is 9.92. The molecule has 2 aliphatic rings.